The van der Waals surface area contributed by atoms with Crippen LogP contribution in [0.15, 0.2) is 35.4 Å². The van der Waals surface area contributed by atoms with Gasteiger partial charge < -0.3 is 10.2 Å². The molecule has 0 bridgehead atoms. The zero-order valence-electron chi connectivity index (χ0n) is 16.6. The quantitative estimate of drug-likeness (QED) is 0.523. The number of thiazole rings is 1. The number of aromatic nitrogens is 5. The maximum atomic E-state index is 13.0. The van der Waals surface area contributed by atoms with Crippen LogP contribution in [0.4, 0.5) is 15.2 Å². The number of carbonyl (C=O) groups is 1. The minimum absolute atomic E-state index is 0.275. The molecule has 1 saturated heterocycles. The first-order valence-corrected chi connectivity index (χ1v) is 11.0. The van der Waals surface area contributed by atoms with E-state index in [-0.39, 0.29) is 6.54 Å². The Balaban J connectivity index is 1.43. The highest BCUT2D eigenvalue weighted by Crippen LogP contribution is 2.30. The van der Waals surface area contributed by atoms with Crippen LogP contribution in [0.1, 0.15) is 25.7 Å². The van der Waals surface area contributed by atoms with Gasteiger partial charge in [-0.15, -0.1) is 5.10 Å². The molecule has 3 aromatic heterocycles. The molecule has 1 aliphatic rings. The molecule has 4 aromatic rings. The molecular weight excluding hydrogens is 421 g/mol. The van der Waals surface area contributed by atoms with Gasteiger partial charge in [0.1, 0.15) is 24.2 Å². The van der Waals surface area contributed by atoms with Crippen molar-refractivity contribution in [1.29, 1.82) is 0 Å². The largest absolute Gasteiger partial charge is 0.352 e. The average molecular weight is 441 g/mol. The van der Waals surface area contributed by atoms with E-state index in [0.717, 1.165) is 35.7 Å². The highest BCUT2D eigenvalue weighted by Gasteiger charge is 2.19. The first kappa shape index (κ1) is 19.6. The number of hydrogen-bond acceptors (Lipinski definition) is 7. The molecule has 0 radical (unpaired) electrons. The van der Waals surface area contributed by atoms with Crippen LogP contribution in [0.5, 0.6) is 0 Å². The van der Waals surface area contributed by atoms with Crippen molar-refractivity contribution in [3.63, 3.8) is 0 Å². The maximum Gasteiger partial charge on any atom is 0.352 e. The first-order chi connectivity index (χ1) is 15.1. The average Bonchev–Trinajstić information content (AvgIpc) is 3.20. The zero-order chi connectivity index (χ0) is 21.4. The summed E-state index contributed by atoms with van der Waals surface area (Å²) in [5.41, 5.74) is 0.903. The lowest BCUT2D eigenvalue weighted by Crippen LogP contribution is -2.28. The lowest BCUT2D eigenvalue weighted by molar-refractivity contribution is -0.117. The Morgan fingerprint density at radius 2 is 1.87 bits per heavy atom. The van der Waals surface area contributed by atoms with Gasteiger partial charge in [-0.25, -0.2) is 28.2 Å². The number of fused-ring (bicyclic) bond motifs is 3. The molecule has 1 fully saturated rings. The minimum Gasteiger partial charge on any atom is -0.348 e. The fourth-order valence-electron chi connectivity index (χ4n) is 3.70. The molecule has 160 valence electrons. The molecule has 11 heteroatoms. The monoisotopic (exact) mass is 441 g/mol. The van der Waals surface area contributed by atoms with Crippen molar-refractivity contribution in [3.05, 3.63) is 46.9 Å². The van der Waals surface area contributed by atoms with Crippen LogP contribution in [-0.4, -0.2) is 43.1 Å². The number of anilines is 2. The molecule has 31 heavy (non-hydrogen) atoms. The Labute approximate surface area is 180 Å². The van der Waals surface area contributed by atoms with E-state index in [1.807, 2.05) is 0 Å². The van der Waals surface area contributed by atoms with Gasteiger partial charge in [0.15, 0.2) is 15.6 Å². The van der Waals surface area contributed by atoms with E-state index in [2.05, 4.69) is 20.3 Å². The van der Waals surface area contributed by atoms with Gasteiger partial charge >= 0.3 is 5.69 Å². The molecule has 1 aliphatic heterocycles. The van der Waals surface area contributed by atoms with Gasteiger partial charge in [0, 0.05) is 18.8 Å². The van der Waals surface area contributed by atoms with Crippen LogP contribution in [0.25, 0.3) is 16.0 Å². The molecule has 0 spiro atoms. The molecule has 0 atom stereocenters. The van der Waals surface area contributed by atoms with Crippen LogP contribution in [0.2, 0.25) is 0 Å². The normalized spacial score (nSPS) is 14.8. The smallest absolute Gasteiger partial charge is 0.348 e. The summed E-state index contributed by atoms with van der Waals surface area (Å²) in [5, 5.41) is 7.86. The molecule has 0 aliphatic carbocycles. The highest BCUT2D eigenvalue weighted by atomic mass is 32.1. The lowest BCUT2D eigenvalue weighted by atomic mass is 10.2. The van der Waals surface area contributed by atoms with Crippen molar-refractivity contribution in [3.8, 4) is 0 Å². The molecule has 9 nitrogen and oxygen atoms in total. The molecule has 1 N–H and O–H groups in total. The van der Waals surface area contributed by atoms with Crippen molar-refractivity contribution < 1.29 is 9.18 Å². The summed E-state index contributed by atoms with van der Waals surface area (Å²) in [6.07, 6.45) is 6.14. The number of halogens is 1. The second-order valence-corrected chi connectivity index (χ2v) is 8.44. The molecule has 1 amide bonds. The number of hydrogen-bond donors (Lipinski definition) is 1. The van der Waals surface area contributed by atoms with Gasteiger partial charge in [0.05, 0.1) is 0 Å². The third-order valence-corrected chi connectivity index (χ3v) is 6.29. The number of rotatable bonds is 4. The highest BCUT2D eigenvalue weighted by molar-refractivity contribution is 7.21. The van der Waals surface area contributed by atoms with E-state index >= 15 is 0 Å². The summed E-state index contributed by atoms with van der Waals surface area (Å²) >= 11 is 1.49. The zero-order valence-corrected chi connectivity index (χ0v) is 17.4. The Kier molecular flexibility index (Phi) is 5.10. The van der Waals surface area contributed by atoms with Crippen LogP contribution in [-0.2, 0) is 11.3 Å². The molecule has 0 unspecified atom stereocenters. The standard InChI is InChI=1S/C20H20FN7O2S/c21-13-5-7-14(8-6-13)23-15(29)11-28-20(30)27-12-22-18-16(17(27)25-28)24-19(31-18)26-9-3-1-2-4-10-26/h5-8,12H,1-4,9-11H2,(H,23,29). The van der Waals surface area contributed by atoms with Crippen molar-refractivity contribution >= 4 is 44.1 Å². The van der Waals surface area contributed by atoms with Crippen LogP contribution < -0.4 is 15.9 Å². The Morgan fingerprint density at radius 3 is 2.61 bits per heavy atom. The molecule has 5 rings (SSSR count). The van der Waals surface area contributed by atoms with Gasteiger partial charge in [0.2, 0.25) is 5.91 Å². The number of carbonyl (C=O) groups excluding carboxylic acids is 1. The summed E-state index contributed by atoms with van der Waals surface area (Å²) in [7, 11) is 0. The van der Waals surface area contributed by atoms with Crippen molar-refractivity contribution in [2.45, 2.75) is 32.2 Å². The van der Waals surface area contributed by atoms with E-state index in [1.165, 1.54) is 59.2 Å². The lowest BCUT2D eigenvalue weighted by Gasteiger charge is -2.18. The predicted octanol–water partition coefficient (Wildman–Crippen LogP) is 2.66. The summed E-state index contributed by atoms with van der Waals surface area (Å²) in [5.74, 6) is -0.834. The van der Waals surface area contributed by atoms with Gasteiger partial charge in [0.25, 0.3) is 0 Å². The van der Waals surface area contributed by atoms with E-state index in [0.29, 0.717) is 21.7 Å². The molecular formula is C20H20FN7O2S. The summed E-state index contributed by atoms with van der Waals surface area (Å²) in [6, 6.07) is 5.40. The number of amides is 1. The van der Waals surface area contributed by atoms with Gasteiger partial charge in [-0.3, -0.25) is 4.79 Å². The van der Waals surface area contributed by atoms with Gasteiger partial charge in [-0.05, 0) is 37.1 Å². The van der Waals surface area contributed by atoms with E-state index in [9.17, 15) is 14.0 Å². The summed E-state index contributed by atoms with van der Waals surface area (Å²) in [4.78, 5) is 37.2. The van der Waals surface area contributed by atoms with E-state index in [4.69, 9.17) is 4.98 Å². The Bertz CT molecular complexity index is 1300. The second kappa shape index (κ2) is 8.06. The van der Waals surface area contributed by atoms with Crippen molar-refractivity contribution in [2.24, 2.45) is 0 Å². The third kappa shape index (κ3) is 3.88. The third-order valence-electron chi connectivity index (χ3n) is 5.27. The summed E-state index contributed by atoms with van der Waals surface area (Å²) < 4.78 is 15.4. The van der Waals surface area contributed by atoms with Crippen molar-refractivity contribution in [2.75, 3.05) is 23.3 Å². The second-order valence-electron chi connectivity index (χ2n) is 7.48. The van der Waals surface area contributed by atoms with Crippen molar-refractivity contribution in [1.82, 2.24) is 24.1 Å². The molecule has 1 aromatic carbocycles. The fourth-order valence-corrected chi connectivity index (χ4v) is 4.66. The minimum atomic E-state index is -0.469. The number of nitrogens with zero attached hydrogens (tertiary/aromatic N) is 6. The van der Waals surface area contributed by atoms with Crippen LogP contribution in [0.3, 0.4) is 0 Å². The topological polar surface area (TPSA) is 97.4 Å². The number of benzene rings is 1. The molecule has 4 heterocycles. The Hall–Kier alpha value is -3.34. The first-order valence-electron chi connectivity index (χ1n) is 10.1. The van der Waals surface area contributed by atoms with Gasteiger partial charge in [-0.2, -0.15) is 0 Å². The van der Waals surface area contributed by atoms with Crippen LogP contribution >= 0.6 is 11.3 Å². The van der Waals surface area contributed by atoms with Crippen LogP contribution in [0, 0.1) is 5.82 Å². The summed E-state index contributed by atoms with van der Waals surface area (Å²) in [6.45, 7) is 1.64. The predicted molar refractivity (Wildman–Crippen MR) is 116 cm³/mol. The molecule has 0 saturated carbocycles. The Morgan fingerprint density at radius 1 is 1.13 bits per heavy atom. The number of nitrogens with one attached hydrogen (secondary N) is 1. The fraction of sp³-hybridized carbons (Fsp3) is 0.350. The van der Waals surface area contributed by atoms with Gasteiger partial charge in [-0.1, -0.05) is 24.2 Å². The van der Waals surface area contributed by atoms with E-state index < -0.39 is 17.4 Å². The maximum absolute atomic E-state index is 13.0. The SMILES string of the molecule is O=C(Cn1nc2c3nc(N4CCCCCC4)sc3ncn2c1=O)Nc1ccc(F)cc1. The van der Waals surface area contributed by atoms with E-state index in [1.54, 1.807) is 0 Å².